The Morgan fingerprint density at radius 2 is 1.74 bits per heavy atom. The maximum Gasteiger partial charge on any atom is 0.129 e. The van der Waals surface area contributed by atoms with E-state index in [0.29, 0.717) is 6.04 Å². The monoisotopic (exact) mass is 266 g/mol. The minimum Gasteiger partial charge on any atom is -0.496 e. The molecular weight excluding hydrogens is 244 g/mol. The molecule has 1 saturated heterocycles. The Balaban J connectivity index is 2.25. The van der Waals surface area contributed by atoms with Crippen LogP contribution >= 0.6 is 0 Å². The highest BCUT2D eigenvalue weighted by Gasteiger charge is 2.19. The van der Waals surface area contributed by atoms with Crippen LogP contribution in [-0.4, -0.2) is 47.0 Å². The summed E-state index contributed by atoms with van der Waals surface area (Å²) in [6, 6.07) is 4.19. The van der Waals surface area contributed by atoms with Crippen LogP contribution in [0.15, 0.2) is 12.1 Å². The van der Waals surface area contributed by atoms with E-state index in [4.69, 9.17) is 14.2 Å². The first-order valence-corrected chi connectivity index (χ1v) is 6.51. The Bertz CT molecular complexity index is 392. The van der Waals surface area contributed by atoms with E-state index >= 15 is 0 Å². The summed E-state index contributed by atoms with van der Waals surface area (Å²) in [6.07, 6.45) is 0.864. The first-order chi connectivity index (χ1) is 9.28. The Kier molecular flexibility index (Phi) is 4.87. The van der Waals surface area contributed by atoms with Gasteiger partial charge < -0.3 is 24.8 Å². The maximum atomic E-state index is 5.46. The first-order valence-electron chi connectivity index (χ1n) is 6.51. The SMILES string of the molecule is COc1cc(OC)c(CC2CNCCN2)c(OC)c1. The van der Waals surface area contributed by atoms with E-state index in [-0.39, 0.29) is 0 Å². The zero-order valence-electron chi connectivity index (χ0n) is 11.8. The first kappa shape index (κ1) is 14.0. The average molecular weight is 266 g/mol. The van der Waals surface area contributed by atoms with Crippen molar-refractivity contribution in [3.05, 3.63) is 17.7 Å². The van der Waals surface area contributed by atoms with Crippen LogP contribution in [0.1, 0.15) is 5.56 Å². The molecule has 1 atom stereocenters. The summed E-state index contributed by atoms with van der Waals surface area (Å²) >= 11 is 0. The summed E-state index contributed by atoms with van der Waals surface area (Å²) in [5, 5.41) is 6.88. The second-order valence-corrected chi connectivity index (χ2v) is 4.57. The van der Waals surface area contributed by atoms with E-state index in [9.17, 15) is 0 Å². The van der Waals surface area contributed by atoms with Gasteiger partial charge in [-0.3, -0.25) is 0 Å². The second kappa shape index (κ2) is 6.63. The highest BCUT2D eigenvalue weighted by atomic mass is 16.5. The number of ether oxygens (including phenoxy) is 3. The summed E-state index contributed by atoms with van der Waals surface area (Å²) < 4.78 is 16.2. The minimum absolute atomic E-state index is 0.393. The summed E-state index contributed by atoms with van der Waals surface area (Å²) in [6.45, 7) is 2.97. The molecule has 1 fully saturated rings. The van der Waals surface area contributed by atoms with Crippen LogP contribution in [0.25, 0.3) is 0 Å². The van der Waals surface area contributed by atoms with Crippen molar-refractivity contribution in [1.82, 2.24) is 10.6 Å². The third-order valence-electron chi connectivity index (χ3n) is 3.39. The van der Waals surface area contributed by atoms with Crippen LogP contribution in [0.3, 0.4) is 0 Å². The lowest BCUT2D eigenvalue weighted by molar-refractivity contribution is 0.357. The van der Waals surface area contributed by atoms with Crippen LogP contribution < -0.4 is 24.8 Å². The molecule has 0 amide bonds. The largest absolute Gasteiger partial charge is 0.496 e. The Hall–Kier alpha value is -1.46. The lowest BCUT2D eigenvalue weighted by Crippen LogP contribution is -2.49. The fourth-order valence-electron chi connectivity index (χ4n) is 2.38. The highest BCUT2D eigenvalue weighted by molar-refractivity contribution is 5.51. The van der Waals surface area contributed by atoms with Gasteiger partial charge in [0.2, 0.25) is 0 Å². The molecule has 106 valence electrons. The number of nitrogens with one attached hydrogen (secondary N) is 2. The van der Waals surface area contributed by atoms with Gasteiger partial charge in [-0.1, -0.05) is 0 Å². The van der Waals surface area contributed by atoms with Gasteiger partial charge in [0.1, 0.15) is 17.2 Å². The highest BCUT2D eigenvalue weighted by Crippen LogP contribution is 2.34. The molecule has 5 nitrogen and oxygen atoms in total. The van der Waals surface area contributed by atoms with Crippen LogP contribution in [0.4, 0.5) is 0 Å². The molecular formula is C14H22N2O3. The Morgan fingerprint density at radius 1 is 1.05 bits per heavy atom. The van der Waals surface area contributed by atoms with Gasteiger partial charge in [0.05, 0.1) is 21.3 Å². The molecule has 1 aliphatic heterocycles. The zero-order valence-corrected chi connectivity index (χ0v) is 11.8. The molecule has 2 rings (SSSR count). The zero-order chi connectivity index (χ0) is 13.7. The molecule has 0 bridgehead atoms. The summed E-state index contributed by atoms with van der Waals surface area (Å²) in [5.41, 5.74) is 1.08. The number of rotatable bonds is 5. The number of methoxy groups -OCH3 is 3. The van der Waals surface area contributed by atoms with Crippen molar-refractivity contribution in [1.29, 1.82) is 0 Å². The summed E-state index contributed by atoms with van der Waals surface area (Å²) in [7, 11) is 4.98. The van der Waals surface area contributed by atoms with Crippen molar-refractivity contribution in [3.63, 3.8) is 0 Å². The third-order valence-corrected chi connectivity index (χ3v) is 3.39. The molecule has 0 saturated carbocycles. The van der Waals surface area contributed by atoms with E-state index in [1.54, 1.807) is 21.3 Å². The molecule has 0 aliphatic carbocycles. The number of hydrogen-bond donors (Lipinski definition) is 2. The van der Waals surface area contributed by atoms with Crippen molar-refractivity contribution >= 4 is 0 Å². The number of piperazine rings is 1. The quantitative estimate of drug-likeness (QED) is 0.826. The van der Waals surface area contributed by atoms with Gasteiger partial charge in [0.15, 0.2) is 0 Å². The van der Waals surface area contributed by atoms with Crippen LogP contribution in [0, 0.1) is 0 Å². The molecule has 0 aromatic heterocycles. The average Bonchev–Trinajstić information content (AvgIpc) is 2.48. The molecule has 1 heterocycles. The van der Waals surface area contributed by atoms with Crippen LogP contribution in [0.2, 0.25) is 0 Å². The van der Waals surface area contributed by atoms with E-state index in [2.05, 4.69) is 10.6 Å². The predicted molar refractivity (Wildman–Crippen MR) is 74.5 cm³/mol. The van der Waals surface area contributed by atoms with Gasteiger partial charge in [-0.25, -0.2) is 0 Å². The lowest BCUT2D eigenvalue weighted by Gasteiger charge is -2.26. The van der Waals surface area contributed by atoms with E-state index in [1.807, 2.05) is 12.1 Å². The Morgan fingerprint density at radius 3 is 2.21 bits per heavy atom. The fourth-order valence-corrected chi connectivity index (χ4v) is 2.38. The minimum atomic E-state index is 0.393. The Labute approximate surface area is 114 Å². The molecule has 1 aromatic rings. The van der Waals surface area contributed by atoms with Gasteiger partial charge in [-0.05, 0) is 6.42 Å². The topological polar surface area (TPSA) is 51.8 Å². The van der Waals surface area contributed by atoms with E-state index in [1.165, 1.54) is 0 Å². The molecule has 1 aromatic carbocycles. The molecule has 5 heteroatoms. The van der Waals surface area contributed by atoms with E-state index in [0.717, 1.165) is 48.9 Å². The van der Waals surface area contributed by atoms with E-state index < -0.39 is 0 Å². The van der Waals surface area contributed by atoms with Crippen molar-refractivity contribution < 1.29 is 14.2 Å². The van der Waals surface area contributed by atoms with Gasteiger partial charge in [-0.2, -0.15) is 0 Å². The van der Waals surface area contributed by atoms with Gasteiger partial charge >= 0.3 is 0 Å². The normalized spacial score (nSPS) is 19.0. The molecule has 19 heavy (non-hydrogen) atoms. The van der Waals surface area contributed by atoms with Crippen molar-refractivity contribution in [2.45, 2.75) is 12.5 Å². The standard InChI is InChI=1S/C14H22N2O3/c1-17-11-7-13(18-2)12(14(8-11)19-3)6-10-9-15-4-5-16-10/h7-8,10,15-16H,4-6,9H2,1-3H3. The van der Waals surface area contributed by atoms with Crippen LogP contribution in [-0.2, 0) is 6.42 Å². The predicted octanol–water partition coefficient (Wildman–Crippen LogP) is 0.816. The summed E-state index contributed by atoms with van der Waals surface area (Å²) in [5.74, 6) is 2.36. The molecule has 1 aliphatic rings. The molecule has 1 unspecified atom stereocenters. The molecule has 0 spiro atoms. The van der Waals surface area contributed by atoms with Crippen molar-refractivity contribution in [3.8, 4) is 17.2 Å². The number of benzene rings is 1. The van der Waals surface area contributed by atoms with Gasteiger partial charge in [-0.15, -0.1) is 0 Å². The number of hydrogen-bond acceptors (Lipinski definition) is 5. The third kappa shape index (κ3) is 3.30. The van der Waals surface area contributed by atoms with Gasteiger partial charge in [0, 0.05) is 43.4 Å². The van der Waals surface area contributed by atoms with Gasteiger partial charge in [0.25, 0.3) is 0 Å². The summed E-state index contributed by atoms with van der Waals surface area (Å²) in [4.78, 5) is 0. The van der Waals surface area contributed by atoms with Crippen LogP contribution in [0.5, 0.6) is 17.2 Å². The smallest absolute Gasteiger partial charge is 0.129 e. The van der Waals surface area contributed by atoms with Crippen molar-refractivity contribution in [2.75, 3.05) is 41.0 Å². The molecule has 0 radical (unpaired) electrons. The fraction of sp³-hybridized carbons (Fsp3) is 0.571. The van der Waals surface area contributed by atoms with Crippen molar-refractivity contribution in [2.24, 2.45) is 0 Å². The lowest BCUT2D eigenvalue weighted by atomic mass is 10.0. The maximum absolute atomic E-state index is 5.46. The second-order valence-electron chi connectivity index (χ2n) is 4.57. The molecule has 2 N–H and O–H groups in total.